The first-order chi connectivity index (χ1) is 13.1. The van der Waals surface area contributed by atoms with Gasteiger partial charge in [-0.2, -0.15) is 5.26 Å². The van der Waals surface area contributed by atoms with Crippen molar-refractivity contribution in [2.45, 2.75) is 24.8 Å². The molecule has 1 aliphatic heterocycles. The van der Waals surface area contributed by atoms with Gasteiger partial charge in [-0.1, -0.05) is 30.3 Å². The molecule has 0 amide bonds. The van der Waals surface area contributed by atoms with E-state index in [1.807, 2.05) is 25.1 Å². The Morgan fingerprint density at radius 3 is 2.63 bits per heavy atom. The maximum Gasteiger partial charge on any atom is 0.123 e. The molecule has 0 aliphatic carbocycles. The summed E-state index contributed by atoms with van der Waals surface area (Å²) in [6.07, 6.45) is 0.955. The van der Waals surface area contributed by atoms with Crippen molar-refractivity contribution in [1.82, 2.24) is 4.31 Å². The normalized spacial score (nSPS) is 13.8. The number of aryl methyl sites for hydroxylation is 1. The summed E-state index contributed by atoms with van der Waals surface area (Å²) in [5, 5.41) is 9.47. The number of fused-ring (bicyclic) bond motifs is 1. The van der Waals surface area contributed by atoms with E-state index in [1.54, 1.807) is 24.1 Å². The van der Waals surface area contributed by atoms with Gasteiger partial charge in [-0.15, -0.1) is 0 Å². The minimum absolute atomic E-state index is 0.222. The highest BCUT2D eigenvalue weighted by atomic mass is 32.2. The fourth-order valence-corrected chi connectivity index (χ4v) is 4.50. The summed E-state index contributed by atoms with van der Waals surface area (Å²) in [4.78, 5) is 1.14. The van der Waals surface area contributed by atoms with E-state index < -0.39 is 0 Å². The van der Waals surface area contributed by atoms with Crippen molar-refractivity contribution in [3.8, 4) is 17.2 Å². The number of halogens is 1. The molecule has 4 heteroatoms. The fraction of sp³-hybridized carbons (Fsp3) is 0.174. The average Bonchev–Trinajstić information content (AvgIpc) is 2.68. The van der Waals surface area contributed by atoms with E-state index in [1.165, 1.54) is 17.7 Å². The van der Waals surface area contributed by atoms with E-state index in [0.717, 1.165) is 52.2 Å². The van der Waals surface area contributed by atoms with Crippen molar-refractivity contribution in [3.05, 3.63) is 88.7 Å². The Hall–Kier alpha value is -2.61. The van der Waals surface area contributed by atoms with Crippen LogP contribution in [0.5, 0.6) is 0 Å². The molecule has 2 nitrogen and oxygen atoms in total. The molecule has 0 spiro atoms. The van der Waals surface area contributed by atoms with Crippen molar-refractivity contribution in [2.75, 3.05) is 6.54 Å². The first-order valence-corrected chi connectivity index (χ1v) is 9.71. The van der Waals surface area contributed by atoms with Crippen LogP contribution in [0.15, 0.2) is 65.6 Å². The van der Waals surface area contributed by atoms with Gasteiger partial charge in [-0.25, -0.2) is 8.70 Å². The summed E-state index contributed by atoms with van der Waals surface area (Å²) < 4.78 is 15.5. The van der Waals surface area contributed by atoms with Gasteiger partial charge in [-0.05, 0) is 83.4 Å². The molecule has 0 unspecified atom stereocenters. The second-order valence-electron chi connectivity index (χ2n) is 6.80. The van der Waals surface area contributed by atoms with Gasteiger partial charge in [0.1, 0.15) is 5.82 Å². The van der Waals surface area contributed by atoms with Crippen LogP contribution in [-0.4, -0.2) is 10.8 Å². The van der Waals surface area contributed by atoms with Crippen LogP contribution in [0.2, 0.25) is 0 Å². The van der Waals surface area contributed by atoms with Crippen LogP contribution < -0.4 is 0 Å². The maximum absolute atomic E-state index is 13.2. The zero-order chi connectivity index (χ0) is 18.8. The van der Waals surface area contributed by atoms with Crippen molar-refractivity contribution in [2.24, 2.45) is 0 Å². The number of benzene rings is 3. The number of hydrogen-bond acceptors (Lipinski definition) is 3. The highest BCUT2D eigenvalue weighted by Gasteiger charge is 2.20. The molecule has 27 heavy (non-hydrogen) atoms. The molecule has 1 aliphatic rings. The molecule has 0 aromatic heterocycles. The van der Waals surface area contributed by atoms with Gasteiger partial charge in [0.15, 0.2) is 0 Å². The Morgan fingerprint density at radius 1 is 1.04 bits per heavy atom. The molecule has 0 bridgehead atoms. The van der Waals surface area contributed by atoms with E-state index in [0.29, 0.717) is 0 Å². The second-order valence-corrected chi connectivity index (χ2v) is 7.97. The summed E-state index contributed by atoms with van der Waals surface area (Å²) >= 11 is 1.71. The van der Waals surface area contributed by atoms with Gasteiger partial charge in [0.25, 0.3) is 0 Å². The highest BCUT2D eigenvalue weighted by molar-refractivity contribution is 7.97. The lowest BCUT2D eigenvalue weighted by molar-refractivity contribution is 0.443. The molecule has 0 atom stereocenters. The Bertz CT molecular complexity index is 1020. The van der Waals surface area contributed by atoms with E-state index in [4.69, 9.17) is 0 Å². The molecule has 0 saturated carbocycles. The fourth-order valence-electron chi connectivity index (χ4n) is 3.50. The summed E-state index contributed by atoms with van der Waals surface area (Å²) in [6, 6.07) is 21.4. The SMILES string of the molecule is Cc1cc(C#N)c2c(c1)CCN(Sc1cccc(-c3ccc(F)cc3)c1)C2. The van der Waals surface area contributed by atoms with Crippen molar-refractivity contribution >= 4 is 11.9 Å². The lowest BCUT2D eigenvalue weighted by Gasteiger charge is -2.28. The lowest BCUT2D eigenvalue weighted by atomic mass is 9.94. The van der Waals surface area contributed by atoms with Gasteiger partial charge in [0.2, 0.25) is 0 Å². The van der Waals surface area contributed by atoms with Crippen LogP contribution in [0.1, 0.15) is 22.3 Å². The minimum atomic E-state index is -0.222. The molecule has 0 radical (unpaired) electrons. The van der Waals surface area contributed by atoms with Crippen LogP contribution in [0.25, 0.3) is 11.1 Å². The predicted molar refractivity (Wildman–Crippen MR) is 108 cm³/mol. The lowest BCUT2D eigenvalue weighted by Crippen LogP contribution is -2.25. The van der Waals surface area contributed by atoms with Crippen molar-refractivity contribution in [1.29, 1.82) is 5.26 Å². The summed E-state index contributed by atoms with van der Waals surface area (Å²) in [6.45, 7) is 3.76. The Kier molecular flexibility index (Phi) is 4.98. The standard InChI is InChI=1S/C23H19FN2S/c1-16-11-19-9-10-26(15-23(19)20(12-16)14-25)27-22-4-2-3-18(13-22)17-5-7-21(24)8-6-17/h2-8,11-13H,9-10,15H2,1H3. The third-order valence-electron chi connectivity index (χ3n) is 4.82. The first kappa shape index (κ1) is 17.8. The maximum atomic E-state index is 13.2. The van der Waals surface area contributed by atoms with Crippen LogP contribution in [0, 0.1) is 24.1 Å². The third kappa shape index (κ3) is 3.90. The van der Waals surface area contributed by atoms with E-state index in [2.05, 4.69) is 28.6 Å². The smallest absolute Gasteiger partial charge is 0.123 e. The Labute approximate surface area is 163 Å². The summed E-state index contributed by atoms with van der Waals surface area (Å²) in [5.41, 5.74) is 6.46. The molecule has 0 saturated heterocycles. The van der Waals surface area contributed by atoms with Crippen LogP contribution in [0.3, 0.4) is 0 Å². The molecule has 134 valence electrons. The van der Waals surface area contributed by atoms with E-state index in [9.17, 15) is 9.65 Å². The number of hydrogen-bond donors (Lipinski definition) is 0. The quantitative estimate of drug-likeness (QED) is 0.547. The zero-order valence-corrected chi connectivity index (χ0v) is 15.9. The topological polar surface area (TPSA) is 27.0 Å². The van der Waals surface area contributed by atoms with Crippen molar-refractivity contribution in [3.63, 3.8) is 0 Å². The zero-order valence-electron chi connectivity index (χ0n) is 15.1. The molecular weight excluding hydrogens is 355 g/mol. The number of rotatable bonds is 3. The predicted octanol–water partition coefficient (Wildman–Crippen LogP) is 5.74. The second kappa shape index (κ2) is 7.56. The molecule has 3 aromatic rings. The van der Waals surface area contributed by atoms with Gasteiger partial charge >= 0.3 is 0 Å². The van der Waals surface area contributed by atoms with E-state index in [-0.39, 0.29) is 5.82 Å². The largest absolute Gasteiger partial charge is 0.242 e. The van der Waals surface area contributed by atoms with Gasteiger partial charge in [-0.3, -0.25) is 0 Å². The minimum Gasteiger partial charge on any atom is -0.242 e. The van der Waals surface area contributed by atoms with Gasteiger partial charge in [0, 0.05) is 18.0 Å². The summed E-state index contributed by atoms with van der Waals surface area (Å²) in [7, 11) is 0. The Balaban J connectivity index is 1.55. The molecule has 1 heterocycles. The van der Waals surface area contributed by atoms with Crippen molar-refractivity contribution < 1.29 is 4.39 Å². The van der Waals surface area contributed by atoms with Gasteiger partial charge < -0.3 is 0 Å². The first-order valence-electron chi connectivity index (χ1n) is 8.94. The third-order valence-corrected chi connectivity index (χ3v) is 5.85. The van der Waals surface area contributed by atoms with E-state index >= 15 is 0 Å². The molecular formula is C23H19FN2S. The average molecular weight is 374 g/mol. The Morgan fingerprint density at radius 2 is 1.85 bits per heavy atom. The monoisotopic (exact) mass is 374 g/mol. The summed E-state index contributed by atoms with van der Waals surface area (Å²) in [5.74, 6) is -0.222. The molecule has 0 fully saturated rings. The van der Waals surface area contributed by atoms with Crippen LogP contribution in [0.4, 0.5) is 4.39 Å². The number of nitrogens with zero attached hydrogens (tertiary/aromatic N) is 2. The highest BCUT2D eigenvalue weighted by Crippen LogP contribution is 2.33. The number of nitriles is 1. The van der Waals surface area contributed by atoms with Gasteiger partial charge in [0.05, 0.1) is 11.6 Å². The molecule has 4 rings (SSSR count). The van der Waals surface area contributed by atoms with Crippen LogP contribution in [-0.2, 0) is 13.0 Å². The molecule has 3 aromatic carbocycles. The van der Waals surface area contributed by atoms with Crippen LogP contribution >= 0.6 is 11.9 Å². The molecule has 0 N–H and O–H groups in total.